The van der Waals surface area contributed by atoms with E-state index < -0.39 is 5.60 Å². The van der Waals surface area contributed by atoms with Gasteiger partial charge in [0.1, 0.15) is 0 Å². The van der Waals surface area contributed by atoms with Gasteiger partial charge in [-0.25, -0.2) is 0 Å². The Balaban J connectivity index is 2.33. The van der Waals surface area contributed by atoms with E-state index in [4.69, 9.17) is 4.74 Å². The second-order valence-corrected chi connectivity index (χ2v) is 4.38. The molecule has 2 N–H and O–H groups in total. The summed E-state index contributed by atoms with van der Waals surface area (Å²) >= 11 is 0. The van der Waals surface area contributed by atoms with Gasteiger partial charge < -0.3 is 19.8 Å². The Bertz CT molecular complexity index is 167. The summed E-state index contributed by atoms with van der Waals surface area (Å²) in [5, 5.41) is 19.3. The molecule has 1 heterocycles. The molecule has 1 fully saturated rings. The minimum Gasteiger partial charge on any atom is -0.392 e. The standard InChI is InChI=1S/C10H21NO3/c1-9(12)7-11(2)8-10(13)3-5-14-6-4-10/h9,12-13H,3-8H2,1-2H3/t9-/m1/s1. The molecule has 0 aromatic heterocycles. The molecule has 0 amide bonds. The highest BCUT2D eigenvalue weighted by atomic mass is 16.5. The molecule has 0 unspecified atom stereocenters. The van der Waals surface area contributed by atoms with Gasteiger partial charge in [0.05, 0.1) is 11.7 Å². The lowest BCUT2D eigenvalue weighted by Gasteiger charge is -2.35. The van der Waals surface area contributed by atoms with Crippen molar-refractivity contribution in [2.75, 3.05) is 33.4 Å². The lowest BCUT2D eigenvalue weighted by molar-refractivity contribution is -0.0793. The van der Waals surface area contributed by atoms with Crippen LogP contribution in [0.15, 0.2) is 0 Å². The van der Waals surface area contributed by atoms with Crippen molar-refractivity contribution in [3.05, 3.63) is 0 Å². The predicted octanol–water partition coefficient (Wildman–Crippen LogP) is -0.160. The quantitative estimate of drug-likeness (QED) is 0.666. The Morgan fingerprint density at radius 3 is 2.50 bits per heavy atom. The molecule has 4 nitrogen and oxygen atoms in total. The molecule has 0 aromatic carbocycles. The lowest BCUT2D eigenvalue weighted by Crippen LogP contribution is -2.47. The summed E-state index contributed by atoms with van der Waals surface area (Å²) < 4.78 is 5.20. The van der Waals surface area contributed by atoms with E-state index in [1.807, 2.05) is 11.9 Å². The van der Waals surface area contributed by atoms with Crippen LogP contribution in [0.25, 0.3) is 0 Å². The molecule has 1 atom stereocenters. The van der Waals surface area contributed by atoms with E-state index >= 15 is 0 Å². The topological polar surface area (TPSA) is 52.9 Å². The van der Waals surface area contributed by atoms with Crippen molar-refractivity contribution >= 4 is 0 Å². The van der Waals surface area contributed by atoms with Gasteiger partial charge in [-0.1, -0.05) is 0 Å². The maximum absolute atomic E-state index is 10.2. The van der Waals surface area contributed by atoms with Crippen molar-refractivity contribution in [3.63, 3.8) is 0 Å². The van der Waals surface area contributed by atoms with Crippen molar-refractivity contribution < 1.29 is 14.9 Å². The van der Waals surface area contributed by atoms with E-state index in [9.17, 15) is 10.2 Å². The fourth-order valence-electron chi connectivity index (χ4n) is 1.93. The zero-order chi connectivity index (χ0) is 10.6. The fraction of sp³-hybridized carbons (Fsp3) is 1.00. The van der Waals surface area contributed by atoms with Gasteiger partial charge in [0.2, 0.25) is 0 Å². The maximum atomic E-state index is 10.2. The van der Waals surface area contributed by atoms with E-state index in [1.165, 1.54) is 0 Å². The Kier molecular flexibility index (Phi) is 4.31. The SMILES string of the molecule is C[C@@H](O)CN(C)CC1(O)CCOCC1. The highest BCUT2D eigenvalue weighted by Gasteiger charge is 2.30. The predicted molar refractivity (Wildman–Crippen MR) is 54.2 cm³/mol. The third-order valence-electron chi connectivity index (χ3n) is 2.56. The van der Waals surface area contributed by atoms with Crippen LogP contribution >= 0.6 is 0 Å². The molecule has 0 spiro atoms. The molecule has 0 bridgehead atoms. The van der Waals surface area contributed by atoms with Gasteiger partial charge in [0, 0.05) is 39.1 Å². The Morgan fingerprint density at radius 2 is 2.00 bits per heavy atom. The van der Waals surface area contributed by atoms with Crippen molar-refractivity contribution in [2.24, 2.45) is 0 Å². The Hall–Kier alpha value is -0.160. The number of nitrogens with zero attached hydrogens (tertiary/aromatic N) is 1. The largest absolute Gasteiger partial charge is 0.392 e. The van der Waals surface area contributed by atoms with E-state index in [2.05, 4.69) is 0 Å². The van der Waals surface area contributed by atoms with Crippen LogP contribution in [0.4, 0.5) is 0 Å². The van der Waals surface area contributed by atoms with Crippen LogP contribution in [-0.2, 0) is 4.74 Å². The number of hydrogen-bond acceptors (Lipinski definition) is 4. The second-order valence-electron chi connectivity index (χ2n) is 4.38. The van der Waals surface area contributed by atoms with E-state index in [0.29, 0.717) is 39.1 Å². The van der Waals surface area contributed by atoms with Crippen LogP contribution in [0.3, 0.4) is 0 Å². The van der Waals surface area contributed by atoms with E-state index in [-0.39, 0.29) is 6.10 Å². The summed E-state index contributed by atoms with van der Waals surface area (Å²) in [5.41, 5.74) is -0.623. The molecule has 1 aliphatic heterocycles. The number of rotatable bonds is 4. The maximum Gasteiger partial charge on any atom is 0.0817 e. The number of hydrogen-bond donors (Lipinski definition) is 2. The zero-order valence-electron chi connectivity index (χ0n) is 9.07. The molecule has 1 aliphatic rings. The Labute approximate surface area is 85.5 Å². The molecule has 1 rings (SSSR count). The van der Waals surface area contributed by atoms with Crippen LogP contribution in [0.1, 0.15) is 19.8 Å². The third-order valence-corrected chi connectivity index (χ3v) is 2.56. The van der Waals surface area contributed by atoms with Crippen molar-refractivity contribution in [1.82, 2.24) is 4.90 Å². The molecule has 0 aromatic rings. The third kappa shape index (κ3) is 3.92. The van der Waals surface area contributed by atoms with Crippen molar-refractivity contribution in [3.8, 4) is 0 Å². The van der Waals surface area contributed by atoms with E-state index in [1.54, 1.807) is 6.92 Å². The first-order valence-electron chi connectivity index (χ1n) is 5.19. The van der Waals surface area contributed by atoms with E-state index in [0.717, 1.165) is 0 Å². The highest BCUT2D eigenvalue weighted by molar-refractivity contribution is 4.84. The summed E-state index contributed by atoms with van der Waals surface area (Å²) in [4.78, 5) is 1.97. The minimum absolute atomic E-state index is 0.344. The molecular weight excluding hydrogens is 182 g/mol. The smallest absolute Gasteiger partial charge is 0.0817 e. The summed E-state index contributed by atoms with van der Waals surface area (Å²) in [7, 11) is 1.92. The average molecular weight is 203 g/mol. The van der Waals surface area contributed by atoms with Crippen LogP contribution in [-0.4, -0.2) is 60.2 Å². The van der Waals surface area contributed by atoms with Gasteiger partial charge in [-0.05, 0) is 14.0 Å². The fourth-order valence-corrected chi connectivity index (χ4v) is 1.93. The molecule has 14 heavy (non-hydrogen) atoms. The molecular formula is C10H21NO3. The van der Waals surface area contributed by atoms with Gasteiger partial charge in [-0.3, -0.25) is 0 Å². The monoisotopic (exact) mass is 203 g/mol. The normalized spacial score (nSPS) is 23.8. The molecule has 84 valence electrons. The molecule has 4 heteroatoms. The summed E-state index contributed by atoms with van der Waals surface area (Å²) in [6.45, 7) is 4.24. The van der Waals surface area contributed by atoms with Gasteiger partial charge >= 0.3 is 0 Å². The van der Waals surface area contributed by atoms with Crippen molar-refractivity contribution in [2.45, 2.75) is 31.5 Å². The number of aliphatic hydroxyl groups is 2. The second kappa shape index (κ2) is 5.07. The van der Waals surface area contributed by atoms with Crippen LogP contribution in [0.2, 0.25) is 0 Å². The lowest BCUT2D eigenvalue weighted by atomic mass is 9.94. The number of ether oxygens (including phenoxy) is 1. The molecule has 1 saturated heterocycles. The average Bonchev–Trinajstić information content (AvgIpc) is 2.02. The van der Waals surface area contributed by atoms with Crippen LogP contribution < -0.4 is 0 Å². The van der Waals surface area contributed by atoms with Gasteiger partial charge in [0.15, 0.2) is 0 Å². The highest BCUT2D eigenvalue weighted by Crippen LogP contribution is 2.21. The molecule has 0 saturated carbocycles. The first kappa shape index (κ1) is 11.9. The number of aliphatic hydroxyl groups excluding tert-OH is 1. The number of likely N-dealkylation sites (N-methyl/N-ethyl adjacent to an activating group) is 1. The summed E-state index contributed by atoms with van der Waals surface area (Å²) in [6.07, 6.45) is 1.04. The van der Waals surface area contributed by atoms with Gasteiger partial charge in [-0.2, -0.15) is 0 Å². The van der Waals surface area contributed by atoms with Gasteiger partial charge in [-0.15, -0.1) is 0 Å². The first-order chi connectivity index (χ1) is 6.52. The molecule has 0 radical (unpaired) electrons. The minimum atomic E-state index is -0.623. The van der Waals surface area contributed by atoms with Crippen molar-refractivity contribution in [1.29, 1.82) is 0 Å². The van der Waals surface area contributed by atoms with Crippen LogP contribution in [0.5, 0.6) is 0 Å². The van der Waals surface area contributed by atoms with Gasteiger partial charge in [0.25, 0.3) is 0 Å². The molecule has 0 aliphatic carbocycles. The zero-order valence-corrected chi connectivity index (χ0v) is 9.07. The first-order valence-corrected chi connectivity index (χ1v) is 5.19. The summed E-state index contributed by atoms with van der Waals surface area (Å²) in [6, 6.07) is 0. The summed E-state index contributed by atoms with van der Waals surface area (Å²) in [5.74, 6) is 0. The van der Waals surface area contributed by atoms with Crippen LogP contribution in [0, 0.1) is 0 Å². The Morgan fingerprint density at radius 1 is 1.43 bits per heavy atom.